The first-order valence-corrected chi connectivity index (χ1v) is 11.1. The van der Waals surface area contributed by atoms with Crippen LogP contribution in [0.1, 0.15) is 36.3 Å². The number of halogens is 2. The number of nitrogens with two attached hydrogens (primary N) is 2. The summed E-state index contributed by atoms with van der Waals surface area (Å²) < 4.78 is 55.0. The number of pyridine rings is 1. The molecule has 1 atom stereocenters. The lowest BCUT2D eigenvalue weighted by molar-refractivity contribution is -0.0500. The molecule has 10 nitrogen and oxygen atoms in total. The number of thiazole rings is 1. The molecular formula is C17H20F2N6O4S2. The van der Waals surface area contributed by atoms with Crippen LogP contribution in [0.4, 0.5) is 8.78 Å². The third kappa shape index (κ3) is 3.48. The van der Waals surface area contributed by atoms with Gasteiger partial charge in [-0.3, -0.25) is 4.79 Å². The number of aliphatic imine (C=N–C) groups is 1. The fourth-order valence-electron chi connectivity index (χ4n) is 3.08. The first-order chi connectivity index (χ1) is 14.2. The molecule has 1 aliphatic heterocycles. The van der Waals surface area contributed by atoms with E-state index in [4.69, 9.17) is 11.5 Å². The van der Waals surface area contributed by atoms with Crippen molar-refractivity contribution < 1.29 is 26.7 Å². The maximum atomic E-state index is 13.0. The maximum Gasteiger partial charge on any atom is 0.387 e. The van der Waals surface area contributed by atoms with Crippen molar-refractivity contribution in [1.29, 1.82) is 0 Å². The second-order valence-corrected chi connectivity index (χ2v) is 10.7. The molecule has 0 saturated heterocycles. The number of rotatable bonds is 5. The highest BCUT2D eigenvalue weighted by Gasteiger charge is 2.58. The van der Waals surface area contributed by atoms with Crippen molar-refractivity contribution in [2.45, 2.75) is 37.7 Å². The molecule has 4 N–H and O–H groups in total. The lowest BCUT2D eigenvalue weighted by Crippen LogP contribution is -2.61. The third-order valence-electron chi connectivity index (χ3n) is 5.36. The molecule has 2 aromatic heterocycles. The van der Waals surface area contributed by atoms with Crippen LogP contribution in [-0.4, -0.2) is 53.0 Å². The molecule has 0 radical (unpaired) electrons. The van der Waals surface area contributed by atoms with Gasteiger partial charge in [-0.1, -0.05) is 0 Å². The number of hydrogen-bond donors (Lipinski definition) is 2. The summed E-state index contributed by atoms with van der Waals surface area (Å²) in [5, 5.41) is 1.80. The molecule has 0 aliphatic carbocycles. The maximum absolute atomic E-state index is 13.0. The fourth-order valence-corrected chi connectivity index (χ4v) is 5.85. The highest BCUT2D eigenvalue weighted by atomic mass is 32.2. The standard InChI is InChI=1S/C17H20F2N6O4S2/c1-16(2)17(3,24-15(21)25(4)31(16,27)28)13-23-10(7-30-13)9-5-8(29-14(18)19)6-22-11(9)12(20)26/h5-7,14H,1-4H3,(H2,20,26)(H2,21,24)/t17-/m1/s1. The van der Waals surface area contributed by atoms with Gasteiger partial charge in [0, 0.05) is 18.0 Å². The average molecular weight is 475 g/mol. The Morgan fingerprint density at radius 2 is 1.97 bits per heavy atom. The van der Waals surface area contributed by atoms with Gasteiger partial charge in [-0.25, -0.2) is 27.7 Å². The quantitative estimate of drug-likeness (QED) is 0.665. The topological polar surface area (TPSA) is 154 Å². The van der Waals surface area contributed by atoms with Crippen molar-refractivity contribution in [3.05, 3.63) is 28.3 Å². The number of carbonyl (C=O) groups excluding carboxylic acids is 1. The molecule has 0 aromatic carbocycles. The van der Waals surface area contributed by atoms with Crippen LogP contribution in [0.3, 0.4) is 0 Å². The van der Waals surface area contributed by atoms with Crippen LogP contribution in [0.25, 0.3) is 11.3 Å². The summed E-state index contributed by atoms with van der Waals surface area (Å²) in [6, 6.07) is 1.16. The van der Waals surface area contributed by atoms with E-state index in [1.54, 1.807) is 6.92 Å². The van der Waals surface area contributed by atoms with Crippen LogP contribution in [0.2, 0.25) is 0 Å². The summed E-state index contributed by atoms with van der Waals surface area (Å²) in [6.45, 7) is 1.49. The molecular weight excluding hydrogens is 454 g/mol. The van der Waals surface area contributed by atoms with Crippen LogP contribution in [0, 0.1) is 0 Å². The Hall–Kier alpha value is -2.87. The zero-order chi connectivity index (χ0) is 23.4. The van der Waals surface area contributed by atoms with E-state index in [1.165, 1.54) is 26.3 Å². The van der Waals surface area contributed by atoms with Gasteiger partial charge in [0.1, 0.15) is 26.7 Å². The van der Waals surface area contributed by atoms with Gasteiger partial charge in [-0.2, -0.15) is 8.78 Å². The molecule has 3 rings (SSSR count). The number of sulfonamides is 1. The summed E-state index contributed by atoms with van der Waals surface area (Å²) in [4.78, 5) is 24.4. The molecule has 31 heavy (non-hydrogen) atoms. The Morgan fingerprint density at radius 1 is 1.32 bits per heavy atom. The predicted molar refractivity (Wildman–Crippen MR) is 110 cm³/mol. The molecule has 1 amide bonds. The number of amides is 1. The number of guanidine groups is 1. The highest BCUT2D eigenvalue weighted by Crippen LogP contribution is 2.47. The van der Waals surface area contributed by atoms with Crippen LogP contribution in [0.15, 0.2) is 22.6 Å². The minimum absolute atomic E-state index is 0.0577. The van der Waals surface area contributed by atoms with Gasteiger partial charge < -0.3 is 16.2 Å². The number of carbonyl (C=O) groups is 1. The van der Waals surface area contributed by atoms with E-state index in [2.05, 4.69) is 19.7 Å². The van der Waals surface area contributed by atoms with E-state index >= 15 is 0 Å². The Balaban J connectivity index is 2.17. The average Bonchev–Trinajstić information content (AvgIpc) is 3.15. The summed E-state index contributed by atoms with van der Waals surface area (Å²) in [7, 11) is -2.58. The number of primary amides is 1. The predicted octanol–water partition coefficient (Wildman–Crippen LogP) is 1.49. The van der Waals surface area contributed by atoms with Crippen LogP contribution in [0.5, 0.6) is 5.75 Å². The van der Waals surface area contributed by atoms with Gasteiger partial charge in [0.25, 0.3) is 5.91 Å². The Kier molecular flexibility index (Phi) is 5.42. The van der Waals surface area contributed by atoms with Crippen molar-refractivity contribution in [3.63, 3.8) is 0 Å². The highest BCUT2D eigenvalue weighted by molar-refractivity contribution is 7.91. The largest absolute Gasteiger partial charge is 0.433 e. The molecule has 0 saturated carbocycles. The smallest absolute Gasteiger partial charge is 0.387 e. The summed E-state index contributed by atoms with van der Waals surface area (Å²) in [5.41, 5.74) is 9.85. The molecule has 14 heteroatoms. The van der Waals surface area contributed by atoms with Crippen molar-refractivity contribution in [3.8, 4) is 17.0 Å². The molecule has 3 heterocycles. The monoisotopic (exact) mass is 474 g/mol. The summed E-state index contributed by atoms with van der Waals surface area (Å²) >= 11 is 1.07. The lowest BCUT2D eigenvalue weighted by Gasteiger charge is -2.45. The van der Waals surface area contributed by atoms with E-state index in [0.29, 0.717) is 0 Å². The molecule has 168 valence electrons. The Morgan fingerprint density at radius 3 is 2.55 bits per heavy atom. The SMILES string of the molecule is CN1C(N)=N[C@](C)(c2nc(-c3cc(OC(F)F)cnc3C(N)=O)cs2)C(C)(C)S1(=O)=O. The number of nitrogens with zero attached hydrogens (tertiary/aromatic N) is 4. The Bertz CT molecular complexity index is 1180. The van der Waals surface area contributed by atoms with Gasteiger partial charge in [0.2, 0.25) is 16.0 Å². The number of ether oxygens (including phenoxy) is 1. The van der Waals surface area contributed by atoms with E-state index in [1.807, 2.05) is 0 Å². The van der Waals surface area contributed by atoms with Gasteiger partial charge in [0.05, 0.1) is 11.9 Å². The van der Waals surface area contributed by atoms with E-state index in [-0.39, 0.29) is 33.7 Å². The molecule has 0 unspecified atom stereocenters. The fraction of sp³-hybridized carbons (Fsp3) is 0.412. The number of aromatic nitrogens is 2. The first-order valence-electron chi connectivity index (χ1n) is 8.77. The van der Waals surface area contributed by atoms with E-state index in [9.17, 15) is 22.0 Å². The number of hydrogen-bond acceptors (Lipinski definition) is 9. The van der Waals surface area contributed by atoms with E-state index < -0.39 is 32.8 Å². The van der Waals surface area contributed by atoms with Crippen LogP contribution < -0.4 is 16.2 Å². The molecule has 2 aromatic rings. The van der Waals surface area contributed by atoms with Gasteiger partial charge in [-0.15, -0.1) is 11.3 Å². The zero-order valence-corrected chi connectivity index (χ0v) is 18.6. The second-order valence-electron chi connectivity index (χ2n) is 7.37. The Labute approximate surface area is 181 Å². The summed E-state index contributed by atoms with van der Waals surface area (Å²) in [6.07, 6.45) is 0.946. The van der Waals surface area contributed by atoms with Crippen LogP contribution >= 0.6 is 11.3 Å². The van der Waals surface area contributed by atoms with Crippen molar-refractivity contribution >= 4 is 33.2 Å². The lowest BCUT2D eigenvalue weighted by atomic mass is 9.88. The first kappa shape index (κ1) is 22.8. The minimum atomic E-state index is -3.89. The van der Waals surface area contributed by atoms with Crippen molar-refractivity contribution in [2.75, 3.05) is 7.05 Å². The second kappa shape index (κ2) is 7.37. The number of alkyl halides is 2. The zero-order valence-electron chi connectivity index (χ0n) is 17.0. The van der Waals surface area contributed by atoms with Crippen molar-refractivity contribution in [1.82, 2.24) is 14.3 Å². The van der Waals surface area contributed by atoms with Crippen molar-refractivity contribution in [2.24, 2.45) is 16.5 Å². The molecule has 0 fully saturated rings. The van der Waals surface area contributed by atoms with E-state index in [0.717, 1.165) is 27.9 Å². The molecule has 0 bridgehead atoms. The van der Waals surface area contributed by atoms with Crippen LogP contribution in [-0.2, 0) is 15.6 Å². The minimum Gasteiger partial charge on any atom is -0.433 e. The van der Waals surface area contributed by atoms with Gasteiger partial charge in [-0.05, 0) is 26.8 Å². The molecule has 0 spiro atoms. The molecule has 1 aliphatic rings. The van der Waals surface area contributed by atoms with Gasteiger partial charge >= 0.3 is 6.61 Å². The third-order valence-corrected chi connectivity index (χ3v) is 9.00. The van der Waals surface area contributed by atoms with Gasteiger partial charge in [0.15, 0.2) is 0 Å². The normalized spacial score (nSPS) is 22.3. The summed E-state index contributed by atoms with van der Waals surface area (Å²) in [5.74, 6) is -1.39.